The molecule has 0 aliphatic carbocycles. The summed E-state index contributed by atoms with van der Waals surface area (Å²) >= 11 is 0. The van der Waals surface area contributed by atoms with Crippen LogP contribution < -0.4 is 0 Å². The van der Waals surface area contributed by atoms with Crippen molar-refractivity contribution < 1.29 is 9.53 Å². The summed E-state index contributed by atoms with van der Waals surface area (Å²) in [6.07, 6.45) is 5.74. The molecule has 0 fully saturated rings. The summed E-state index contributed by atoms with van der Waals surface area (Å²) in [6.45, 7) is 5.48. The zero-order valence-corrected chi connectivity index (χ0v) is 7.46. The average Bonchev–Trinajstić information content (AvgIpc) is 1.97. The van der Waals surface area contributed by atoms with Gasteiger partial charge in [0.25, 0.3) is 0 Å². The van der Waals surface area contributed by atoms with Crippen LogP contribution in [0.1, 0.15) is 33.6 Å². The van der Waals surface area contributed by atoms with Crippen molar-refractivity contribution in [2.75, 3.05) is 0 Å². The van der Waals surface area contributed by atoms with Gasteiger partial charge >= 0.3 is 5.97 Å². The minimum absolute atomic E-state index is 0.0348. The van der Waals surface area contributed by atoms with Gasteiger partial charge < -0.3 is 4.74 Å². The lowest BCUT2D eigenvalue weighted by Crippen LogP contribution is -2.11. The second-order valence-corrected chi connectivity index (χ2v) is 2.39. The van der Waals surface area contributed by atoms with Crippen LogP contribution in [0.2, 0.25) is 0 Å². The maximum atomic E-state index is 10.5. The van der Waals surface area contributed by atoms with Crippen LogP contribution in [0.25, 0.3) is 0 Å². The quantitative estimate of drug-likeness (QED) is 0.461. The fraction of sp³-hybridized carbons (Fsp3) is 0.667. The second-order valence-electron chi connectivity index (χ2n) is 2.39. The van der Waals surface area contributed by atoms with Crippen molar-refractivity contribution in [1.82, 2.24) is 0 Å². The van der Waals surface area contributed by atoms with Crippen molar-refractivity contribution in [1.29, 1.82) is 0 Å². The molecule has 2 nitrogen and oxygen atoms in total. The van der Waals surface area contributed by atoms with Gasteiger partial charge in [-0.15, -0.1) is 0 Å². The number of carbonyl (C=O) groups excluding carboxylic acids is 1. The van der Waals surface area contributed by atoms with Crippen LogP contribution in [0, 0.1) is 0 Å². The molecule has 0 aliphatic rings. The number of carbonyl (C=O) groups is 1. The van der Waals surface area contributed by atoms with Gasteiger partial charge in [-0.3, -0.25) is 4.79 Å². The molecular formula is C9H16O2. The highest BCUT2D eigenvalue weighted by Gasteiger charge is 2.03. The molecule has 11 heavy (non-hydrogen) atoms. The predicted octanol–water partition coefficient (Wildman–Crippen LogP) is 2.29. The molecule has 0 amide bonds. The molecule has 0 unspecified atom stereocenters. The van der Waals surface area contributed by atoms with Gasteiger partial charge in [-0.05, 0) is 18.9 Å². The zero-order chi connectivity index (χ0) is 8.69. The highest BCUT2D eigenvalue weighted by Crippen LogP contribution is 2.00. The molecule has 0 aromatic carbocycles. The number of esters is 1. The molecule has 0 N–H and O–H groups in total. The molecule has 0 radical (unpaired) electrons. The van der Waals surface area contributed by atoms with E-state index in [0.717, 1.165) is 12.8 Å². The Morgan fingerprint density at radius 1 is 1.55 bits per heavy atom. The van der Waals surface area contributed by atoms with E-state index < -0.39 is 0 Å². The maximum absolute atomic E-state index is 10.5. The molecule has 0 saturated heterocycles. The lowest BCUT2D eigenvalue weighted by Gasteiger charge is -2.09. The van der Waals surface area contributed by atoms with Crippen LogP contribution in [-0.4, -0.2) is 12.1 Å². The van der Waals surface area contributed by atoms with E-state index in [2.05, 4.69) is 6.92 Å². The van der Waals surface area contributed by atoms with Gasteiger partial charge in [0.05, 0.1) is 0 Å². The molecule has 0 heterocycles. The van der Waals surface area contributed by atoms with Gasteiger partial charge in [0.2, 0.25) is 0 Å². The number of allylic oxidation sites excluding steroid dienone is 1. The predicted molar refractivity (Wildman–Crippen MR) is 45.3 cm³/mol. The summed E-state index contributed by atoms with van der Waals surface area (Å²) in [4.78, 5) is 10.5. The van der Waals surface area contributed by atoms with E-state index >= 15 is 0 Å². The zero-order valence-electron chi connectivity index (χ0n) is 7.46. The van der Waals surface area contributed by atoms with Crippen LogP contribution in [0.15, 0.2) is 12.2 Å². The molecule has 0 aromatic heterocycles. The van der Waals surface area contributed by atoms with Gasteiger partial charge in [-0.25, -0.2) is 0 Å². The van der Waals surface area contributed by atoms with Gasteiger partial charge in [-0.1, -0.05) is 19.9 Å². The Hall–Kier alpha value is -0.790. The molecule has 0 saturated carbocycles. The van der Waals surface area contributed by atoms with Crippen LogP contribution in [0.3, 0.4) is 0 Å². The fourth-order valence-electron chi connectivity index (χ4n) is 0.760. The highest BCUT2D eigenvalue weighted by atomic mass is 16.5. The molecule has 0 bridgehead atoms. The van der Waals surface area contributed by atoms with E-state index in [1.807, 2.05) is 19.1 Å². The normalized spacial score (nSPS) is 13.4. The monoisotopic (exact) mass is 156 g/mol. The van der Waals surface area contributed by atoms with Crippen molar-refractivity contribution in [3.63, 3.8) is 0 Å². The van der Waals surface area contributed by atoms with E-state index in [4.69, 9.17) is 4.74 Å². The van der Waals surface area contributed by atoms with E-state index in [1.165, 1.54) is 6.92 Å². The van der Waals surface area contributed by atoms with Crippen molar-refractivity contribution in [3.05, 3.63) is 12.2 Å². The first kappa shape index (κ1) is 10.2. The Morgan fingerprint density at radius 3 is 2.55 bits per heavy atom. The molecule has 0 rings (SSSR count). The summed E-state index contributed by atoms with van der Waals surface area (Å²) in [5.74, 6) is -0.211. The standard InChI is InChI=1S/C9H16O2/c1-4-6-7-9(5-2)11-8(3)10/h6-7,9H,4-5H2,1-3H3/b7-6+/t9-/m1/s1. The highest BCUT2D eigenvalue weighted by molar-refractivity contribution is 5.66. The SMILES string of the molecule is CC/C=C/[C@@H](CC)OC(C)=O. The summed E-state index contributed by atoms with van der Waals surface area (Å²) in [5, 5.41) is 0. The summed E-state index contributed by atoms with van der Waals surface area (Å²) in [7, 11) is 0. The van der Waals surface area contributed by atoms with E-state index in [9.17, 15) is 4.79 Å². The van der Waals surface area contributed by atoms with E-state index in [-0.39, 0.29) is 12.1 Å². The van der Waals surface area contributed by atoms with E-state index in [0.29, 0.717) is 0 Å². The minimum Gasteiger partial charge on any atom is -0.458 e. The Balaban J connectivity index is 3.75. The molecule has 64 valence electrons. The number of ether oxygens (including phenoxy) is 1. The lowest BCUT2D eigenvalue weighted by molar-refractivity contribution is -0.144. The molecule has 0 aromatic rings. The van der Waals surface area contributed by atoms with Crippen molar-refractivity contribution in [3.8, 4) is 0 Å². The first-order valence-electron chi connectivity index (χ1n) is 4.04. The van der Waals surface area contributed by atoms with Crippen LogP contribution in [0.4, 0.5) is 0 Å². The molecule has 2 heteroatoms. The third-order valence-electron chi connectivity index (χ3n) is 1.31. The molecule has 0 aliphatic heterocycles. The average molecular weight is 156 g/mol. The number of hydrogen-bond donors (Lipinski definition) is 0. The Labute approximate surface area is 68.2 Å². The Bertz CT molecular complexity index is 138. The molecule has 1 atom stereocenters. The van der Waals surface area contributed by atoms with Gasteiger partial charge in [0, 0.05) is 6.92 Å². The largest absolute Gasteiger partial charge is 0.458 e. The smallest absolute Gasteiger partial charge is 0.303 e. The summed E-state index contributed by atoms with van der Waals surface area (Å²) < 4.78 is 4.98. The van der Waals surface area contributed by atoms with Crippen LogP contribution in [0.5, 0.6) is 0 Å². The third kappa shape index (κ3) is 5.64. The summed E-state index contributed by atoms with van der Waals surface area (Å²) in [5.41, 5.74) is 0. The second kappa shape index (κ2) is 5.96. The van der Waals surface area contributed by atoms with E-state index in [1.54, 1.807) is 0 Å². The number of rotatable bonds is 4. The molecule has 0 spiro atoms. The first-order chi connectivity index (χ1) is 5.20. The lowest BCUT2D eigenvalue weighted by atomic mass is 10.2. The minimum atomic E-state index is -0.211. The fourth-order valence-corrected chi connectivity index (χ4v) is 0.760. The first-order valence-corrected chi connectivity index (χ1v) is 4.04. The maximum Gasteiger partial charge on any atom is 0.303 e. The third-order valence-corrected chi connectivity index (χ3v) is 1.31. The van der Waals surface area contributed by atoms with Crippen LogP contribution >= 0.6 is 0 Å². The summed E-state index contributed by atoms with van der Waals surface area (Å²) in [6, 6.07) is 0. The Morgan fingerprint density at radius 2 is 2.18 bits per heavy atom. The Kier molecular flexibility index (Phi) is 5.53. The van der Waals surface area contributed by atoms with Crippen LogP contribution in [-0.2, 0) is 9.53 Å². The van der Waals surface area contributed by atoms with Crippen molar-refractivity contribution in [2.24, 2.45) is 0 Å². The topological polar surface area (TPSA) is 26.3 Å². The van der Waals surface area contributed by atoms with Gasteiger partial charge in [-0.2, -0.15) is 0 Å². The van der Waals surface area contributed by atoms with Crippen molar-refractivity contribution >= 4 is 5.97 Å². The molecular weight excluding hydrogens is 140 g/mol. The number of hydrogen-bond acceptors (Lipinski definition) is 2. The van der Waals surface area contributed by atoms with Crippen molar-refractivity contribution in [2.45, 2.75) is 39.7 Å². The van der Waals surface area contributed by atoms with Gasteiger partial charge in [0.15, 0.2) is 0 Å². The van der Waals surface area contributed by atoms with Gasteiger partial charge in [0.1, 0.15) is 6.10 Å².